The Morgan fingerprint density at radius 2 is 2.00 bits per heavy atom. The Labute approximate surface area is 171 Å². The molecule has 0 fully saturated rings. The van der Waals surface area contributed by atoms with Crippen molar-refractivity contribution in [3.05, 3.63) is 58.1 Å². The molecule has 1 heterocycles. The number of esters is 1. The standard InChI is InChI=1S/C20H19N3O7/c1-3-29-17-9-8-13(10-16(17)23(27)28)20(26)30-12(2)19(25)22-11-18(24)21-14-6-4-5-7-15(14)22/h4-10,12H,3,11H2,1-2H3,(H,21,24)/t12-/m1/s1. The fraction of sp³-hybridized carbons (Fsp3) is 0.250. The van der Waals surface area contributed by atoms with Gasteiger partial charge in [0.15, 0.2) is 11.9 Å². The molecule has 2 aromatic carbocycles. The summed E-state index contributed by atoms with van der Waals surface area (Å²) >= 11 is 0. The number of nitrogens with one attached hydrogen (secondary N) is 1. The molecule has 0 radical (unpaired) electrons. The van der Waals surface area contributed by atoms with Gasteiger partial charge in [-0.1, -0.05) is 12.1 Å². The van der Waals surface area contributed by atoms with Crippen molar-refractivity contribution in [3.63, 3.8) is 0 Å². The van der Waals surface area contributed by atoms with Crippen LogP contribution in [0, 0.1) is 10.1 Å². The zero-order valence-corrected chi connectivity index (χ0v) is 16.3. The van der Waals surface area contributed by atoms with Crippen molar-refractivity contribution in [1.29, 1.82) is 0 Å². The summed E-state index contributed by atoms with van der Waals surface area (Å²) < 4.78 is 10.4. The molecule has 1 aliphatic heterocycles. The van der Waals surface area contributed by atoms with Crippen LogP contribution < -0.4 is 15.0 Å². The number of carbonyl (C=O) groups is 3. The quantitative estimate of drug-likeness (QED) is 0.438. The van der Waals surface area contributed by atoms with Crippen LogP contribution in [0.25, 0.3) is 0 Å². The minimum Gasteiger partial charge on any atom is -0.487 e. The summed E-state index contributed by atoms with van der Waals surface area (Å²) in [6.45, 7) is 3.06. The summed E-state index contributed by atoms with van der Waals surface area (Å²) in [6.07, 6.45) is -1.22. The maximum Gasteiger partial charge on any atom is 0.339 e. The van der Waals surface area contributed by atoms with E-state index in [0.29, 0.717) is 11.4 Å². The number of nitro benzene ring substituents is 1. The monoisotopic (exact) mass is 413 g/mol. The van der Waals surface area contributed by atoms with Gasteiger partial charge in [-0.05, 0) is 38.1 Å². The van der Waals surface area contributed by atoms with Gasteiger partial charge in [-0.15, -0.1) is 0 Å². The number of hydrogen-bond acceptors (Lipinski definition) is 7. The molecule has 2 aromatic rings. The smallest absolute Gasteiger partial charge is 0.339 e. The van der Waals surface area contributed by atoms with Gasteiger partial charge in [0.2, 0.25) is 5.91 Å². The van der Waals surface area contributed by atoms with Gasteiger partial charge < -0.3 is 14.8 Å². The van der Waals surface area contributed by atoms with Crippen LogP contribution in [-0.2, 0) is 14.3 Å². The number of fused-ring (bicyclic) bond motifs is 1. The molecule has 1 atom stereocenters. The molecule has 156 valence electrons. The first-order valence-electron chi connectivity index (χ1n) is 9.14. The predicted octanol–water partition coefficient (Wildman–Crippen LogP) is 2.52. The second-order valence-corrected chi connectivity index (χ2v) is 6.41. The average molecular weight is 413 g/mol. The first kappa shape index (κ1) is 20.8. The highest BCUT2D eigenvalue weighted by Gasteiger charge is 2.32. The molecular weight excluding hydrogens is 394 g/mol. The molecule has 30 heavy (non-hydrogen) atoms. The van der Waals surface area contributed by atoms with Gasteiger partial charge in [-0.25, -0.2) is 4.79 Å². The highest BCUT2D eigenvalue weighted by Crippen LogP contribution is 2.30. The van der Waals surface area contributed by atoms with E-state index < -0.39 is 22.9 Å². The molecule has 0 bridgehead atoms. The lowest BCUT2D eigenvalue weighted by molar-refractivity contribution is -0.385. The van der Waals surface area contributed by atoms with Gasteiger partial charge in [0.25, 0.3) is 5.91 Å². The summed E-state index contributed by atoms with van der Waals surface area (Å²) in [4.78, 5) is 49.0. The highest BCUT2D eigenvalue weighted by atomic mass is 16.6. The predicted molar refractivity (Wildman–Crippen MR) is 107 cm³/mol. The van der Waals surface area contributed by atoms with E-state index in [2.05, 4.69) is 5.32 Å². The van der Waals surface area contributed by atoms with Crippen molar-refractivity contribution in [1.82, 2.24) is 0 Å². The SMILES string of the molecule is CCOc1ccc(C(=O)O[C@H](C)C(=O)N2CC(=O)Nc3ccccc32)cc1[N+](=O)[O-]. The minimum absolute atomic E-state index is 0.0270. The Hall–Kier alpha value is -3.95. The number of rotatable bonds is 6. The van der Waals surface area contributed by atoms with Crippen molar-refractivity contribution < 1.29 is 28.8 Å². The number of amides is 2. The fourth-order valence-corrected chi connectivity index (χ4v) is 2.99. The Morgan fingerprint density at radius 3 is 2.70 bits per heavy atom. The molecule has 0 spiro atoms. The van der Waals surface area contributed by atoms with Crippen LogP contribution in [0.2, 0.25) is 0 Å². The van der Waals surface area contributed by atoms with Crippen LogP contribution in [-0.4, -0.2) is 42.0 Å². The molecule has 0 aromatic heterocycles. The lowest BCUT2D eigenvalue weighted by atomic mass is 10.1. The number of anilines is 2. The van der Waals surface area contributed by atoms with Crippen LogP contribution in [0.5, 0.6) is 5.75 Å². The maximum atomic E-state index is 12.8. The summed E-state index contributed by atoms with van der Waals surface area (Å²) in [7, 11) is 0. The summed E-state index contributed by atoms with van der Waals surface area (Å²) in [5, 5.41) is 13.9. The van der Waals surface area contributed by atoms with Gasteiger partial charge in [0, 0.05) is 6.07 Å². The van der Waals surface area contributed by atoms with Crippen molar-refractivity contribution in [3.8, 4) is 5.75 Å². The molecule has 0 aliphatic carbocycles. The highest BCUT2D eigenvalue weighted by molar-refractivity contribution is 6.11. The molecule has 1 N–H and O–H groups in total. The van der Waals surface area contributed by atoms with Gasteiger partial charge in [-0.3, -0.25) is 24.6 Å². The van der Waals surface area contributed by atoms with E-state index in [9.17, 15) is 24.5 Å². The van der Waals surface area contributed by atoms with Gasteiger partial charge in [-0.2, -0.15) is 0 Å². The molecule has 2 amide bonds. The molecular formula is C20H19N3O7. The molecule has 1 aliphatic rings. The van der Waals surface area contributed by atoms with Gasteiger partial charge >= 0.3 is 11.7 Å². The van der Waals surface area contributed by atoms with Crippen molar-refractivity contribution in [2.45, 2.75) is 20.0 Å². The van der Waals surface area contributed by atoms with E-state index in [1.807, 2.05) is 0 Å². The molecule has 0 unspecified atom stereocenters. The van der Waals surface area contributed by atoms with Crippen molar-refractivity contribution in [2.75, 3.05) is 23.4 Å². The van der Waals surface area contributed by atoms with Crippen molar-refractivity contribution in [2.24, 2.45) is 0 Å². The second kappa shape index (κ2) is 8.60. The van der Waals surface area contributed by atoms with Crippen LogP contribution in [0.4, 0.5) is 17.1 Å². The Morgan fingerprint density at radius 1 is 1.27 bits per heavy atom. The van der Waals surface area contributed by atoms with Crippen LogP contribution in [0.1, 0.15) is 24.2 Å². The Kier molecular flexibility index (Phi) is 5.95. The van der Waals surface area contributed by atoms with Crippen LogP contribution in [0.3, 0.4) is 0 Å². The van der Waals surface area contributed by atoms with Gasteiger partial charge in [0.05, 0.1) is 28.5 Å². The molecule has 10 heteroatoms. The van der Waals surface area contributed by atoms with E-state index in [0.717, 1.165) is 6.07 Å². The first-order chi connectivity index (χ1) is 14.3. The van der Waals surface area contributed by atoms with Crippen LogP contribution >= 0.6 is 0 Å². The number of nitro groups is 1. The normalized spacial score (nSPS) is 13.7. The zero-order valence-electron chi connectivity index (χ0n) is 16.3. The summed E-state index contributed by atoms with van der Waals surface area (Å²) in [6, 6.07) is 10.4. The second-order valence-electron chi connectivity index (χ2n) is 6.41. The number of carbonyl (C=O) groups excluding carboxylic acids is 3. The Bertz CT molecular complexity index is 1020. The van der Waals surface area contributed by atoms with Crippen LogP contribution in [0.15, 0.2) is 42.5 Å². The van der Waals surface area contributed by atoms with Gasteiger partial charge in [0.1, 0.15) is 6.54 Å². The summed E-state index contributed by atoms with van der Waals surface area (Å²) in [5.41, 5.74) is 0.484. The van der Waals surface area contributed by atoms with E-state index in [-0.39, 0.29) is 36.1 Å². The minimum atomic E-state index is -1.22. The summed E-state index contributed by atoms with van der Waals surface area (Å²) in [5.74, 6) is -1.84. The zero-order chi connectivity index (χ0) is 21.8. The lowest BCUT2D eigenvalue weighted by Gasteiger charge is -2.30. The van der Waals surface area contributed by atoms with E-state index in [1.54, 1.807) is 31.2 Å². The average Bonchev–Trinajstić information content (AvgIpc) is 2.72. The molecule has 0 saturated heterocycles. The maximum absolute atomic E-state index is 12.8. The number of ether oxygens (including phenoxy) is 2. The van der Waals surface area contributed by atoms with E-state index in [4.69, 9.17) is 9.47 Å². The third kappa shape index (κ3) is 4.22. The third-order valence-corrected chi connectivity index (χ3v) is 4.36. The van der Waals surface area contributed by atoms with Crippen molar-refractivity contribution >= 4 is 34.8 Å². The molecule has 3 rings (SSSR count). The largest absolute Gasteiger partial charge is 0.487 e. The van der Waals surface area contributed by atoms with E-state index in [1.165, 1.54) is 24.0 Å². The fourth-order valence-electron chi connectivity index (χ4n) is 2.99. The number of hydrogen-bond donors (Lipinski definition) is 1. The number of para-hydroxylation sites is 2. The number of nitrogens with zero attached hydrogens (tertiary/aromatic N) is 2. The lowest BCUT2D eigenvalue weighted by Crippen LogP contribution is -2.47. The van der Waals surface area contributed by atoms with E-state index >= 15 is 0 Å². The third-order valence-electron chi connectivity index (χ3n) is 4.36. The molecule has 0 saturated carbocycles. The first-order valence-corrected chi connectivity index (χ1v) is 9.14. The Balaban J connectivity index is 1.78. The molecule has 10 nitrogen and oxygen atoms in total. The topological polar surface area (TPSA) is 128 Å². The number of benzene rings is 2.